The highest BCUT2D eigenvalue weighted by atomic mass is 19.4. The molecule has 0 N–H and O–H groups in total. The molecule has 2 rings (SSSR count). The number of ketones is 1. The molecule has 0 amide bonds. The van der Waals surface area contributed by atoms with Crippen LogP contribution in [0, 0.1) is 11.8 Å². The lowest BCUT2D eigenvalue weighted by Gasteiger charge is -2.29. The van der Waals surface area contributed by atoms with Gasteiger partial charge in [0.15, 0.2) is 11.5 Å². The second-order valence-corrected chi connectivity index (χ2v) is 5.15. The molecule has 0 aliphatic heterocycles. The zero-order valence-electron chi connectivity index (χ0n) is 11.4. The standard InChI is InChI=1S/C13H17F3N2O2/c1-18-11(10(20-2)7-17-18)12(19)8-4-3-5-9(6-8)13(14,15)16/h7-9H,3-6H2,1-2H3. The molecule has 2 unspecified atom stereocenters. The molecule has 1 aliphatic carbocycles. The number of hydrogen-bond donors (Lipinski definition) is 0. The SMILES string of the molecule is COc1cnn(C)c1C(=O)C1CCCC(C(F)(F)F)C1. The Kier molecular flexibility index (Phi) is 4.06. The summed E-state index contributed by atoms with van der Waals surface area (Å²) in [6.07, 6.45) is -1.96. The van der Waals surface area contributed by atoms with E-state index in [9.17, 15) is 18.0 Å². The molecule has 0 radical (unpaired) electrons. The Morgan fingerprint density at radius 3 is 2.75 bits per heavy atom. The third-order valence-electron chi connectivity index (χ3n) is 3.87. The summed E-state index contributed by atoms with van der Waals surface area (Å²) >= 11 is 0. The van der Waals surface area contributed by atoms with Crippen LogP contribution in [0.2, 0.25) is 0 Å². The number of carbonyl (C=O) groups is 1. The van der Waals surface area contributed by atoms with Crippen LogP contribution in [0.4, 0.5) is 13.2 Å². The molecule has 0 spiro atoms. The molecule has 0 saturated heterocycles. The molecule has 1 heterocycles. The van der Waals surface area contributed by atoms with Gasteiger partial charge < -0.3 is 4.74 Å². The number of nitrogens with zero attached hydrogens (tertiary/aromatic N) is 2. The Morgan fingerprint density at radius 2 is 2.15 bits per heavy atom. The van der Waals surface area contributed by atoms with E-state index in [0.717, 1.165) is 0 Å². The van der Waals surface area contributed by atoms with Crippen LogP contribution in [0.3, 0.4) is 0 Å². The van der Waals surface area contributed by atoms with E-state index in [0.29, 0.717) is 18.6 Å². The summed E-state index contributed by atoms with van der Waals surface area (Å²) in [5.74, 6) is -1.99. The Morgan fingerprint density at radius 1 is 1.45 bits per heavy atom. The van der Waals surface area contributed by atoms with Crippen LogP contribution in [0.15, 0.2) is 6.20 Å². The molecule has 1 aliphatic rings. The first-order valence-electron chi connectivity index (χ1n) is 6.51. The summed E-state index contributed by atoms with van der Waals surface area (Å²) in [6, 6.07) is 0. The third kappa shape index (κ3) is 2.81. The van der Waals surface area contributed by atoms with Crippen molar-refractivity contribution in [1.29, 1.82) is 0 Å². The summed E-state index contributed by atoms with van der Waals surface area (Å²) in [7, 11) is 2.99. The average molecular weight is 290 g/mol. The van der Waals surface area contributed by atoms with Gasteiger partial charge in [0.05, 0.1) is 19.2 Å². The monoisotopic (exact) mass is 290 g/mol. The fourth-order valence-electron chi connectivity index (χ4n) is 2.77. The van der Waals surface area contributed by atoms with Gasteiger partial charge in [-0.15, -0.1) is 0 Å². The van der Waals surface area contributed by atoms with Gasteiger partial charge in [-0.05, 0) is 19.3 Å². The third-order valence-corrected chi connectivity index (χ3v) is 3.87. The van der Waals surface area contributed by atoms with E-state index >= 15 is 0 Å². The van der Waals surface area contributed by atoms with Gasteiger partial charge in [0.2, 0.25) is 0 Å². The van der Waals surface area contributed by atoms with Crippen molar-refractivity contribution in [2.45, 2.75) is 31.9 Å². The fourth-order valence-corrected chi connectivity index (χ4v) is 2.77. The number of methoxy groups -OCH3 is 1. The second-order valence-electron chi connectivity index (χ2n) is 5.15. The number of hydrogen-bond acceptors (Lipinski definition) is 3. The van der Waals surface area contributed by atoms with Gasteiger partial charge in [0.1, 0.15) is 5.69 Å². The lowest BCUT2D eigenvalue weighted by atomic mass is 9.78. The maximum absolute atomic E-state index is 12.8. The van der Waals surface area contributed by atoms with Crippen molar-refractivity contribution >= 4 is 5.78 Å². The first kappa shape index (κ1) is 14.9. The minimum atomic E-state index is -4.23. The molecular formula is C13H17F3N2O2. The number of aromatic nitrogens is 2. The second kappa shape index (κ2) is 5.46. The zero-order chi connectivity index (χ0) is 14.9. The number of carbonyl (C=O) groups excluding carboxylic acids is 1. The van der Waals surface area contributed by atoms with Crippen LogP contribution >= 0.6 is 0 Å². The van der Waals surface area contributed by atoms with Crippen LogP contribution in [0.5, 0.6) is 5.75 Å². The summed E-state index contributed by atoms with van der Waals surface area (Å²) in [5, 5.41) is 3.92. The van der Waals surface area contributed by atoms with Crippen LogP contribution in [0.25, 0.3) is 0 Å². The Balaban J connectivity index is 2.19. The van der Waals surface area contributed by atoms with Crippen molar-refractivity contribution in [3.8, 4) is 5.75 Å². The van der Waals surface area contributed by atoms with E-state index in [1.807, 2.05) is 0 Å². The van der Waals surface area contributed by atoms with E-state index in [1.54, 1.807) is 7.05 Å². The maximum Gasteiger partial charge on any atom is 0.391 e. The normalized spacial score (nSPS) is 23.6. The predicted octanol–water partition coefficient (Wildman–Crippen LogP) is 2.98. The molecule has 0 bridgehead atoms. The zero-order valence-corrected chi connectivity index (χ0v) is 11.4. The van der Waals surface area contributed by atoms with Gasteiger partial charge in [-0.3, -0.25) is 9.48 Å². The first-order valence-corrected chi connectivity index (χ1v) is 6.51. The molecule has 4 nitrogen and oxygen atoms in total. The van der Waals surface area contributed by atoms with Gasteiger partial charge in [0.25, 0.3) is 0 Å². The Labute approximate surface area is 114 Å². The van der Waals surface area contributed by atoms with Gasteiger partial charge >= 0.3 is 6.18 Å². The molecule has 1 fully saturated rings. The molecular weight excluding hydrogens is 273 g/mol. The lowest BCUT2D eigenvalue weighted by molar-refractivity contribution is -0.184. The van der Waals surface area contributed by atoms with Crippen LogP contribution in [0.1, 0.15) is 36.2 Å². The van der Waals surface area contributed by atoms with Gasteiger partial charge in [-0.2, -0.15) is 18.3 Å². The first-order chi connectivity index (χ1) is 9.34. The Hall–Kier alpha value is -1.53. The molecule has 1 aromatic heterocycles. The summed E-state index contributed by atoms with van der Waals surface area (Å²) in [6.45, 7) is 0. The van der Waals surface area contributed by atoms with Crippen molar-refractivity contribution in [3.05, 3.63) is 11.9 Å². The number of halogens is 3. The van der Waals surface area contributed by atoms with Crippen molar-refractivity contribution in [3.63, 3.8) is 0 Å². The lowest BCUT2D eigenvalue weighted by Crippen LogP contribution is -2.32. The molecule has 2 atom stereocenters. The number of rotatable bonds is 3. The molecule has 112 valence electrons. The van der Waals surface area contributed by atoms with E-state index in [-0.39, 0.29) is 24.3 Å². The minimum absolute atomic E-state index is 0.107. The highest BCUT2D eigenvalue weighted by Crippen LogP contribution is 2.41. The molecule has 1 saturated carbocycles. The van der Waals surface area contributed by atoms with Crippen molar-refractivity contribution in [1.82, 2.24) is 9.78 Å². The largest absolute Gasteiger partial charge is 0.493 e. The fraction of sp³-hybridized carbons (Fsp3) is 0.692. The van der Waals surface area contributed by atoms with Crippen molar-refractivity contribution < 1.29 is 22.7 Å². The minimum Gasteiger partial charge on any atom is -0.493 e. The van der Waals surface area contributed by atoms with Gasteiger partial charge in [-0.25, -0.2) is 0 Å². The van der Waals surface area contributed by atoms with E-state index in [2.05, 4.69) is 5.10 Å². The van der Waals surface area contributed by atoms with Gasteiger partial charge in [-0.1, -0.05) is 6.42 Å². The number of ether oxygens (including phenoxy) is 1. The van der Waals surface area contributed by atoms with Crippen LogP contribution in [-0.4, -0.2) is 28.8 Å². The molecule has 20 heavy (non-hydrogen) atoms. The summed E-state index contributed by atoms with van der Waals surface area (Å²) in [5.41, 5.74) is 0.250. The number of Topliss-reactive ketones (excluding diaryl/α,β-unsaturated/α-hetero) is 1. The van der Waals surface area contributed by atoms with E-state index < -0.39 is 18.0 Å². The topological polar surface area (TPSA) is 44.1 Å². The maximum atomic E-state index is 12.8. The van der Waals surface area contributed by atoms with Crippen LogP contribution in [-0.2, 0) is 7.05 Å². The van der Waals surface area contributed by atoms with Gasteiger partial charge in [0, 0.05) is 13.0 Å². The number of aryl methyl sites for hydroxylation is 1. The van der Waals surface area contributed by atoms with Crippen molar-refractivity contribution in [2.24, 2.45) is 18.9 Å². The average Bonchev–Trinajstić information content (AvgIpc) is 2.78. The van der Waals surface area contributed by atoms with Crippen molar-refractivity contribution in [2.75, 3.05) is 7.11 Å². The summed E-state index contributed by atoms with van der Waals surface area (Å²) in [4.78, 5) is 12.4. The molecule has 7 heteroatoms. The smallest absolute Gasteiger partial charge is 0.391 e. The van der Waals surface area contributed by atoms with E-state index in [4.69, 9.17) is 4.74 Å². The number of alkyl halides is 3. The quantitative estimate of drug-likeness (QED) is 0.804. The highest BCUT2D eigenvalue weighted by Gasteiger charge is 2.44. The van der Waals surface area contributed by atoms with Crippen LogP contribution < -0.4 is 4.74 Å². The summed E-state index contributed by atoms with van der Waals surface area (Å²) < 4.78 is 44.8. The molecule has 1 aromatic rings. The van der Waals surface area contributed by atoms with E-state index in [1.165, 1.54) is 18.0 Å². The highest BCUT2D eigenvalue weighted by molar-refractivity contribution is 5.98. The Bertz CT molecular complexity index is 496. The predicted molar refractivity (Wildman–Crippen MR) is 65.6 cm³/mol. The molecule has 0 aromatic carbocycles.